The van der Waals surface area contributed by atoms with Crippen molar-refractivity contribution < 1.29 is 33.8 Å². The van der Waals surface area contributed by atoms with Gasteiger partial charge in [-0.05, 0) is 97.0 Å². The fraction of sp³-hybridized carbons (Fsp3) is 0.327. The second kappa shape index (κ2) is 19.8. The van der Waals surface area contributed by atoms with E-state index in [9.17, 15) is 24.3 Å². The van der Waals surface area contributed by atoms with Crippen LogP contribution in [0.5, 0.6) is 11.5 Å². The number of carbonyl (C=O) groups is 4. The van der Waals surface area contributed by atoms with E-state index in [1.165, 1.54) is 11.3 Å². The van der Waals surface area contributed by atoms with E-state index in [-0.39, 0.29) is 23.4 Å². The molecule has 0 bridgehead atoms. The molecule has 7 aromatic rings. The molecule has 354 valence electrons. The third kappa shape index (κ3) is 9.75. The van der Waals surface area contributed by atoms with Crippen LogP contribution in [0.3, 0.4) is 0 Å². The van der Waals surface area contributed by atoms with Gasteiger partial charge in [-0.2, -0.15) is 5.10 Å². The van der Waals surface area contributed by atoms with Crippen molar-refractivity contribution in [2.24, 2.45) is 7.05 Å². The first-order chi connectivity index (χ1) is 33.6. The Bertz CT molecular complexity index is 3070. The number of aryl methyl sites for hydroxylation is 1. The molecular weight excluding hydrogens is 895 g/mol. The molecule has 0 radical (unpaired) electrons. The second-order valence-corrected chi connectivity index (χ2v) is 18.8. The smallest absolute Gasteiger partial charge is 0.355 e. The number of aromatic nitrogens is 4. The molecule has 3 N–H and O–H groups in total. The standard InChI is InChI=1S/C52H53N9O7S/c1-32-35(36-16-18-45(54-48(36)51(65)66)61-22-20-33-8-5-10-37(40(33)31-61)49(63)56-52-53-41-11-3-4-13-44(41)69-52)9-6-12-43(32)68-28-7-21-59-23-25-60(26-24-59)27-29-67-34-14-15-38-42(30-34)58(2)57-47(38)39-17-19-46(62)55-50(39)64/h3-6,8-16,18,30,39H,7,17,19-29,31H2,1-2H3,(H,65,66)(H,53,56,63)(H,55,62,64). The lowest BCUT2D eigenvalue weighted by Gasteiger charge is -2.34. The number of aromatic carboxylic acids is 1. The van der Waals surface area contributed by atoms with Crippen molar-refractivity contribution >= 4 is 67.1 Å². The van der Waals surface area contributed by atoms with Crippen LogP contribution in [0.2, 0.25) is 0 Å². The summed E-state index contributed by atoms with van der Waals surface area (Å²) in [6, 6.07) is 28.8. The van der Waals surface area contributed by atoms with Gasteiger partial charge in [0.05, 0.1) is 34.0 Å². The van der Waals surface area contributed by atoms with Gasteiger partial charge in [0, 0.05) is 88.4 Å². The number of benzene rings is 4. The highest BCUT2D eigenvalue weighted by Crippen LogP contribution is 2.36. The zero-order valence-corrected chi connectivity index (χ0v) is 39.4. The minimum absolute atomic E-state index is 0.0422. The third-order valence-electron chi connectivity index (χ3n) is 13.5. The molecule has 3 aliphatic rings. The maximum Gasteiger partial charge on any atom is 0.355 e. The largest absolute Gasteiger partial charge is 0.493 e. The molecule has 16 nitrogen and oxygen atoms in total. The van der Waals surface area contributed by atoms with Gasteiger partial charge in [0.1, 0.15) is 23.9 Å². The Labute approximate surface area is 402 Å². The predicted molar refractivity (Wildman–Crippen MR) is 264 cm³/mol. The number of piperazine rings is 1. The van der Waals surface area contributed by atoms with Crippen LogP contribution >= 0.6 is 11.3 Å². The number of pyridine rings is 1. The number of rotatable bonds is 15. The van der Waals surface area contributed by atoms with E-state index in [4.69, 9.17) is 14.5 Å². The summed E-state index contributed by atoms with van der Waals surface area (Å²) in [5, 5.41) is 22.0. The van der Waals surface area contributed by atoms with Crippen molar-refractivity contribution in [3.63, 3.8) is 0 Å². The van der Waals surface area contributed by atoms with Gasteiger partial charge < -0.3 is 24.4 Å². The fourth-order valence-electron chi connectivity index (χ4n) is 9.71. The van der Waals surface area contributed by atoms with Crippen molar-refractivity contribution in [1.29, 1.82) is 0 Å². The molecule has 3 aromatic heterocycles. The van der Waals surface area contributed by atoms with Crippen molar-refractivity contribution in [2.45, 2.75) is 45.1 Å². The van der Waals surface area contributed by atoms with Crippen LogP contribution < -0.4 is 25.0 Å². The summed E-state index contributed by atoms with van der Waals surface area (Å²) >= 11 is 1.43. The lowest BCUT2D eigenvalue weighted by atomic mass is 9.93. The number of fused-ring (bicyclic) bond motifs is 3. The summed E-state index contributed by atoms with van der Waals surface area (Å²) in [5.74, 6) is -0.346. The Kier molecular flexibility index (Phi) is 13.1. The van der Waals surface area contributed by atoms with Crippen molar-refractivity contribution in [3.05, 3.63) is 125 Å². The summed E-state index contributed by atoms with van der Waals surface area (Å²) < 4.78 is 15.2. The van der Waals surface area contributed by atoms with E-state index >= 15 is 0 Å². The van der Waals surface area contributed by atoms with Gasteiger partial charge in [0.2, 0.25) is 11.8 Å². The van der Waals surface area contributed by atoms with Crippen molar-refractivity contribution in [1.82, 2.24) is 34.9 Å². The molecule has 1 atom stereocenters. The number of thiazole rings is 1. The molecular formula is C52H53N9O7S. The Morgan fingerprint density at radius 2 is 1.67 bits per heavy atom. The highest BCUT2D eigenvalue weighted by atomic mass is 32.1. The van der Waals surface area contributed by atoms with Crippen LogP contribution in [0.4, 0.5) is 10.9 Å². The first kappa shape index (κ1) is 45.6. The molecule has 4 aromatic carbocycles. The minimum atomic E-state index is -1.12. The number of nitrogens with zero attached hydrogens (tertiary/aromatic N) is 7. The number of imide groups is 1. The molecule has 3 aliphatic heterocycles. The number of nitrogens with one attached hydrogen (secondary N) is 2. The number of ether oxygens (including phenoxy) is 2. The number of carboxylic acid groups (broad SMARTS) is 1. The van der Waals surface area contributed by atoms with Crippen LogP contribution in [0.15, 0.2) is 91.0 Å². The number of piperidine rings is 1. The van der Waals surface area contributed by atoms with Crippen LogP contribution in [-0.2, 0) is 29.6 Å². The number of hydrogen-bond acceptors (Lipinski definition) is 13. The van der Waals surface area contributed by atoms with Gasteiger partial charge in [-0.25, -0.2) is 14.8 Å². The van der Waals surface area contributed by atoms with Gasteiger partial charge in [0.25, 0.3) is 5.91 Å². The van der Waals surface area contributed by atoms with E-state index in [2.05, 4.69) is 30.5 Å². The minimum Gasteiger partial charge on any atom is -0.493 e. The summed E-state index contributed by atoms with van der Waals surface area (Å²) in [6.07, 6.45) is 2.29. The number of carbonyl (C=O) groups excluding carboxylic acids is 3. The Hall–Kier alpha value is -7.21. The van der Waals surface area contributed by atoms with Crippen molar-refractivity contribution in [2.75, 3.05) is 69.2 Å². The zero-order valence-electron chi connectivity index (χ0n) is 38.6. The number of para-hydroxylation sites is 1. The van der Waals surface area contributed by atoms with Crippen LogP contribution in [0, 0.1) is 6.92 Å². The molecule has 0 spiro atoms. The van der Waals surface area contributed by atoms with Crippen LogP contribution in [0.1, 0.15) is 68.4 Å². The molecule has 6 heterocycles. The molecule has 69 heavy (non-hydrogen) atoms. The van der Waals surface area contributed by atoms with Crippen LogP contribution in [0.25, 0.3) is 32.2 Å². The fourth-order valence-corrected chi connectivity index (χ4v) is 10.6. The van der Waals surface area contributed by atoms with Gasteiger partial charge in [-0.3, -0.25) is 34.6 Å². The average Bonchev–Trinajstić information content (AvgIpc) is 3.92. The molecule has 1 unspecified atom stereocenters. The molecule has 0 saturated carbocycles. The first-order valence-corrected chi connectivity index (χ1v) is 24.3. The van der Waals surface area contributed by atoms with Gasteiger partial charge in [0.15, 0.2) is 10.8 Å². The average molecular weight is 948 g/mol. The zero-order chi connectivity index (χ0) is 47.6. The normalized spacial score (nSPS) is 16.7. The van der Waals surface area contributed by atoms with Crippen LogP contribution in [-0.4, -0.2) is 117 Å². The summed E-state index contributed by atoms with van der Waals surface area (Å²) in [7, 11) is 1.85. The summed E-state index contributed by atoms with van der Waals surface area (Å²) in [6.45, 7) is 9.54. The maximum atomic E-state index is 13.6. The van der Waals surface area contributed by atoms with E-state index < -0.39 is 11.9 Å². The second-order valence-electron chi connectivity index (χ2n) is 17.8. The van der Waals surface area contributed by atoms with E-state index in [0.29, 0.717) is 79.1 Å². The topological polar surface area (TPSA) is 184 Å². The molecule has 0 aliphatic carbocycles. The quantitative estimate of drug-likeness (QED) is 0.0703. The number of carboxylic acids is 1. The molecule has 17 heteroatoms. The van der Waals surface area contributed by atoms with Crippen molar-refractivity contribution in [3.8, 4) is 22.6 Å². The van der Waals surface area contributed by atoms with Gasteiger partial charge in [-0.1, -0.05) is 47.7 Å². The number of amides is 3. The highest BCUT2D eigenvalue weighted by Gasteiger charge is 2.32. The highest BCUT2D eigenvalue weighted by molar-refractivity contribution is 7.22. The van der Waals surface area contributed by atoms with E-state index in [1.54, 1.807) is 4.68 Å². The van der Waals surface area contributed by atoms with E-state index in [1.807, 2.05) is 110 Å². The molecule has 10 rings (SSSR count). The summed E-state index contributed by atoms with van der Waals surface area (Å²) in [5.41, 5.74) is 6.99. The number of anilines is 2. The number of hydrogen-bond donors (Lipinski definition) is 3. The monoisotopic (exact) mass is 947 g/mol. The molecule has 2 fully saturated rings. The van der Waals surface area contributed by atoms with E-state index in [0.717, 1.165) is 94.8 Å². The molecule has 3 amide bonds. The Balaban J connectivity index is 0.702. The molecule has 2 saturated heterocycles. The maximum absolute atomic E-state index is 13.6. The predicted octanol–water partition coefficient (Wildman–Crippen LogP) is 7.05. The Morgan fingerprint density at radius 3 is 2.48 bits per heavy atom. The lowest BCUT2D eigenvalue weighted by Crippen LogP contribution is -2.47. The summed E-state index contributed by atoms with van der Waals surface area (Å²) in [4.78, 5) is 66.8. The third-order valence-corrected chi connectivity index (χ3v) is 14.4. The lowest BCUT2D eigenvalue weighted by molar-refractivity contribution is -0.134. The first-order valence-electron chi connectivity index (χ1n) is 23.4. The SMILES string of the molecule is Cc1c(OCCCN2CCN(CCOc3ccc4c(C5CCC(=O)NC5=O)nn(C)c4c3)CC2)cccc1-c1ccc(N2CCc3cccc(C(=O)Nc4nc5ccccc5s4)c3C2)nc1C(=O)O. The van der Waals surface area contributed by atoms with Gasteiger partial charge in [-0.15, -0.1) is 0 Å². The van der Waals surface area contributed by atoms with Gasteiger partial charge >= 0.3 is 5.97 Å². The Morgan fingerprint density at radius 1 is 0.855 bits per heavy atom.